The SMILES string of the molecule is Cn1c(C2CC2)nc(C2CCC2)c1N. The third-order valence-corrected chi connectivity index (χ3v) is 3.64. The number of nitrogens with zero attached hydrogens (tertiary/aromatic N) is 2. The highest BCUT2D eigenvalue weighted by Crippen LogP contribution is 2.44. The predicted molar refractivity (Wildman–Crippen MR) is 56.2 cm³/mol. The summed E-state index contributed by atoms with van der Waals surface area (Å²) in [6.45, 7) is 0. The van der Waals surface area contributed by atoms with E-state index in [1.165, 1.54) is 43.6 Å². The molecule has 3 heteroatoms. The molecular formula is C11H17N3. The van der Waals surface area contributed by atoms with Crippen molar-refractivity contribution < 1.29 is 0 Å². The molecule has 2 aliphatic rings. The van der Waals surface area contributed by atoms with Crippen LogP contribution in [-0.2, 0) is 7.05 Å². The van der Waals surface area contributed by atoms with Crippen LogP contribution in [0.4, 0.5) is 5.82 Å². The number of anilines is 1. The van der Waals surface area contributed by atoms with E-state index in [0.29, 0.717) is 11.8 Å². The summed E-state index contributed by atoms with van der Waals surface area (Å²) in [6, 6.07) is 0. The van der Waals surface area contributed by atoms with Crippen LogP contribution in [0.3, 0.4) is 0 Å². The molecule has 0 saturated heterocycles. The number of nitrogen functional groups attached to an aromatic ring is 1. The van der Waals surface area contributed by atoms with Gasteiger partial charge >= 0.3 is 0 Å². The fourth-order valence-corrected chi connectivity index (χ4v) is 2.24. The molecule has 0 radical (unpaired) electrons. The zero-order valence-electron chi connectivity index (χ0n) is 8.66. The first-order valence-corrected chi connectivity index (χ1v) is 5.59. The molecule has 2 saturated carbocycles. The fraction of sp³-hybridized carbons (Fsp3) is 0.727. The summed E-state index contributed by atoms with van der Waals surface area (Å²) in [5.41, 5.74) is 7.26. The number of imidazole rings is 1. The molecule has 2 fully saturated rings. The largest absolute Gasteiger partial charge is 0.384 e. The average Bonchev–Trinajstić information content (AvgIpc) is 2.86. The van der Waals surface area contributed by atoms with Crippen LogP contribution in [0.5, 0.6) is 0 Å². The maximum absolute atomic E-state index is 6.08. The Labute approximate surface area is 84.3 Å². The van der Waals surface area contributed by atoms with Crippen LogP contribution in [-0.4, -0.2) is 9.55 Å². The second-order valence-corrected chi connectivity index (χ2v) is 4.70. The Morgan fingerprint density at radius 3 is 2.43 bits per heavy atom. The zero-order chi connectivity index (χ0) is 9.71. The monoisotopic (exact) mass is 191 g/mol. The minimum Gasteiger partial charge on any atom is -0.384 e. The summed E-state index contributed by atoms with van der Waals surface area (Å²) in [4.78, 5) is 4.73. The van der Waals surface area contributed by atoms with Crippen molar-refractivity contribution in [2.24, 2.45) is 7.05 Å². The van der Waals surface area contributed by atoms with Crippen LogP contribution >= 0.6 is 0 Å². The summed E-state index contributed by atoms with van der Waals surface area (Å²) in [5.74, 6) is 3.51. The average molecular weight is 191 g/mol. The first-order valence-electron chi connectivity index (χ1n) is 5.59. The molecule has 0 atom stereocenters. The summed E-state index contributed by atoms with van der Waals surface area (Å²) >= 11 is 0. The molecule has 14 heavy (non-hydrogen) atoms. The number of nitrogens with two attached hydrogens (primary N) is 1. The number of hydrogen-bond acceptors (Lipinski definition) is 2. The van der Waals surface area contributed by atoms with E-state index < -0.39 is 0 Å². The van der Waals surface area contributed by atoms with Crippen molar-refractivity contribution in [3.8, 4) is 0 Å². The highest BCUT2D eigenvalue weighted by molar-refractivity contribution is 5.42. The molecule has 1 aromatic rings. The first-order chi connectivity index (χ1) is 6.77. The minimum atomic E-state index is 0.661. The van der Waals surface area contributed by atoms with Gasteiger partial charge in [-0.05, 0) is 25.7 Å². The Balaban J connectivity index is 1.98. The zero-order valence-corrected chi connectivity index (χ0v) is 8.66. The van der Waals surface area contributed by atoms with Crippen LogP contribution in [0.2, 0.25) is 0 Å². The molecule has 76 valence electrons. The lowest BCUT2D eigenvalue weighted by Crippen LogP contribution is -2.11. The lowest BCUT2D eigenvalue weighted by molar-refractivity contribution is 0.413. The van der Waals surface area contributed by atoms with Gasteiger partial charge in [0, 0.05) is 18.9 Å². The van der Waals surface area contributed by atoms with Gasteiger partial charge in [0.05, 0.1) is 5.69 Å². The van der Waals surface area contributed by atoms with E-state index in [1.54, 1.807) is 0 Å². The van der Waals surface area contributed by atoms with Gasteiger partial charge in [-0.1, -0.05) is 6.42 Å². The fourth-order valence-electron chi connectivity index (χ4n) is 2.24. The van der Waals surface area contributed by atoms with Crippen molar-refractivity contribution in [3.05, 3.63) is 11.5 Å². The van der Waals surface area contributed by atoms with Crippen LogP contribution in [0.1, 0.15) is 55.5 Å². The topological polar surface area (TPSA) is 43.8 Å². The van der Waals surface area contributed by atoms with E-state index in [4.69, 9.17) is 10.7 Å². The Morgan fingerprint density at radius 2 is 1.93 bits per heavy atom. The molecule has 0 amide bonds. The molecule has 0 aromatic carbocycles. The van der Waals surface area contributed by atoms with Crippen LogP contribution in [0.15, 0.2) is 0 Å². The van der Waals surface area contributed by atoms with E-state index in [-0.39, 0.29) is 0 Å². The summed E-state index contributed by atoms with van der Waals surface area (Å²) in [5, 5.41) is 0. The molecule has 0 bridgehead atoms. The molecule has 2 aliphatic carbocycles. The Kier molecular flexibility index (Phi) is 1.64. The van der Waals surface area contributed by atoms with E-state index in [0.717, 1.165) is 5.82 Å². The van der Waals surface area contributed by atoms with Gasteiger partial charge in [0.1, 0.15) is 11.6 Å². The third-order valence-electron chi connectivity index (χ3n) is 3.64. The Bertz CT molecular complexity index is 359. The van der Waals surface area contributed by atoms with Crippen LogP contribution in [0.25, 0.3) is 0 Å². The van der Waals surface area contributed by atoms with Crippen molar-refractivity contribution in [1.29, 1.82) is 0 Å². The van der Waals surface area contributed by atoms with Crippen molar-refractivity contribution in [2.75, 3.05) is 5.73 Å². The smallest absolute Gasteiger partial charge is 0.126 e. The van der Waals surface area contributed by atoms with Gasteiger partial charge < -0.3 is 10.3 Å². The van der Waals surface area contributed by atoms with Crippen molar-refractivity contribution in [1.82, 2.24) is 9.55 Å². The van der Waals surface area contributed by atoms with Gasteiger partial charge in [0.25, 0.3) is 0 Å². The lowest BCUT2D eigenvalue weighted by Gasteiger charge is -2.23. The number of hydrogen-bond donors (Lipinski definition) is 1. The maximum atomic E-state index is 6.08. The van der Waals surface area contributed by atoms with E-state index in [1.807, 2.05) is 0 Å². The van der Waals surface area contributed by atoms with Crippen molar-refractivity contribution in [2.45, 2.75) is 43.9 Å². The third kappa shape index (κ3) is 1.08. The van der Waals surface area contributed by atoms with Crippen molar-refractivity contribution in [3.63, 3.8) is 0 Å². The molecule has 1 heterocycles. The summed E-state index contributed by atoms with van der Waals surface area (Å²) in [7, 11) is 2.05. The second-order valence-electron chi connectivity index (χ2n) is 4.70. The van der Waals surface area contributed by atoms with Gasteiger partial charge in [0.15, 0.2) is 0 Å². The van der Waals surface area contributed by atoms with Gasteiger partial charge in [-0.25, -0.2) is 4.98 Å². The minimum absolute atomic E-state index is 0.661. The molecule has 3 rings (SSSR count). The van der Waals surface area contributed by atoms with E-state index in [2.05, 4.69) is 11.6 Å². The molecular weight excluding hydrogens is 174 g/mol. The molecule has 0 unspecified atom stereocenters. The summed E-state index contributed by atoms with van der Waals surface area (Å²) in [6.07, 6.45) is 6.51. The predicted octanol–water partition coefficient (Wildman–Crippen LogP) is 2.15. The van der Waals surface area contributed by atoms with Crippen LogP contribution in [0, 0.1) is 0 Å². The van der Waals surface area contributed by atoms with E-state index >= 15 is 0 Å². The van der Waals surface area contributed by atoms with Crippen molar-refractivity contribution >= 4 is 5.82 Å². The standard InChI is InChI=1S/C11H17N3/c1-14-10(12)9(7-3-2-4-7)13-11(14)8-5-6-8/h7-8H,2-6,12H2,1H3. The summed E-state index contributed by atoms with van der Waals surface area (Å²) < 4.78 is 2.10. The van der Waals surface area contributed by atoms with Gasteiger partial charge in [-0.15, -0.1) is 0 Å². The van der Waals surface area contributed by atoms with Crippen LogP contribution < -0.4 is 5.73 Å². The van der Waals surface area contributed by atoms with E-state index in [9.17, 15) is 0 Å². The Hall–Kier alpha value is -0.990. The molecule has 2 N–H and O–H groups in total. The first kappa shape index (κ1) is 8.33. The Morgan fingerprint density at radius 1 is 1.21 bits per heavy atom. The number of rotatable bonds is 2. The van der Waals surface area contributed by atoms with Gasteiger partial charge in [-0.2, -0.15) is 0 Å². The number of aromatic nitrogens is 2. The molecule has 1 aromatic heterocycles. The molecule has 0 aliphatic heterocycles. The quantitative estimate of drug-likeness (QED) is 0.778. The molecule has 0 spiro atoms. The highest BCUT2D eigenvalue weighted by atomic mass is 15.1. The van der Waals surface area contributed by atoms with Gasteiger partial charge in [0.2, 0.25) is 0 Å². The highest BCUT2D eigenvalue weighted by Gasteiger charge is 2.32. The lowest BCUT2D eigenvalue weighted by atomic mass is 9.83. The maximum Gasteiger partial charge on any atom is 0.126 e. The normalized spacial score (nSPS) is 22.4. The molecule has 3 nitrogen and oxygen atoms in total. The second kappa shape index (κ2) is 2.75. The van der Waals surface area contributed by atoms with Gasteiger partial charge in [-0.3, -0.25) is 0 Å².